The van der Waals surface area contributed by atoms with E-state index in [0.29, 0.717) is 13.0 Å². The Kier molecular flexibility index (Phi) is 3.45. The van der Waals surface area contributed by atoms with Crippen molar-refractivity contribution in [3.63, 3.8) is 0 Å². The molecule has 1 aromatic rings. The Labute approximate surface area is 89.9 Å². The summed E-state index contributed by atoms with van der Waals surface area (Å²) in [6, 6.07) is 3.80. The van der Waals surface area contributed by atoms with Crippen molar-refractivity contribution in [1.29, 1.82) is 0 Å². The van der Waals surface area contributed by atoms with E-state index in [-0.39, 0.29) is 5.78 Å². The first-order chi connectivity index (χ1) is 7.34. The molecule has 80 valence electrons. The average molecular weight is 204 g/mol. The van der Waals surface area contributed by atoms with Crippen molar-refractivity contribution < 1.29 is 4.79 Å². The number of hydrogen-bond donors (Lipinski definition) is 1. The first kappa shape index (κ1) is 10.3. The van der Waals surface area contributed by atoms with Gasteiger partial charge in [-0.1, -0.05) is 6.07 Å². The van der Waals surface area contributed by atoms with Crippen LogP contribution in [0.4, 0.5) is 0 Å². The van der Waals surface area contributed by atoms with E-state index < -0.39 is 0 Å². The fourth-order valence-corrected chi connectivity index (χ4v) is 1.53. The van der Waals surface area contributed by atoms with Gasteiger partial charge in [0, 0.05) is 18.8 Å². The fraction of sp³-hybridized carbons (Fsp3) is 0.500. The van der Waals surface area contributed by atoms with E-state index in [9.17, 15) is 4.79 Å². The van der Waals surface area contributed by atoms with E-state index in [1.807, 2.05) is 12.1 Å². The van der Waals surface area contributed by atoms with Crippen molar-refractivity contribution in [1.82, 2.24) is 10.3 Å². The Balaban J connectivity index is 1.67. The summed E-state index contributed by atoms with van der Waals surface area (Å²) in [6.45, 7) is 1.49. The zero-order chi connectivity index (χ0) is 10.5. The molecule has 1 fully saturated rings. The lowest BCUT2D eigenvalue weighted by Gasteiger charge is -2.02. The SMILES string of the molecule is O=C(CNCC1CC1)Cc1cccnc1. The van der Waals surface area contributed by atoms with Gasteiger partial charge in [0.05, 0.1) is 6.54 Å². The lowest BCUT2D eigenvalue weighted by Crippen LogP contribution is -2.26. The summed E-state index contributed by atoms with van der Waals surface area (Å²) < 4.78 is 0. The van der Waals surface area contributed by atoms with Crippen LogP contribution in [0.5, 0.6) is 0 Å². The number of hydrogen-bond acceptors (Lipinski definition) is 3. The van der Waals surface area contributed by atoms with Gasteiger partial charge in [-0.2, -0.15) is 0 Å². The predicted octanol–water partition coefficient (Wildman–Crippen LogP) is 1.19. The molecule has 0 saturated heterocycles. The maximum atomic E-state index is 11.5. The van der Waals surface area contributed by atoms with E-state index in [1.54, 1.807) is 12.4 Å². The molecule has 1 aliphatic carbocycles. The Morgan fingerprint density at radius 2 is 2.40 bits per heavy atom. The van der Waals surface area contributed by atoms with E-state index >= 15 is 0 Å². The largest absolute Gasteiger partial charge is 0.310 e. The summed E-state index contributed by atoms with van der Waals surface area (Å²) in [5.41, 5.74) is 0.996. The second-order valence-electron chi connectivity index (χ2n) is 4.15. The number of nitrogens with zero attached hydrogens (tertiary/aromatic N) is 1. The summed E-state index contributed by atoms with van der Waals surface area (Å²) in [5, 5.41) is 3.20. The van der Waals surface area contributed by atoms with Crippen molar-refractivity contribution in [3.05, 3.63) is 30.1 Å². The third-order valence-electron chi connectivity index (χ3n) is 2.58. The molecule has 1 aromatic heterocycles. The lowest BCUT2D eigenvalue weighted by atomic mass is 10.1. The fourth-order valence-electron chi connectivity index (χ4n) is 1.53. The monoisotopic (exact) mass is 204 g/mol. The highest BCUT2D eigenvalue weighted by Gasteiger charge is 2.20. The van der Waals surface area contributed by atoms with Gasteiger partial charge in [-0.25, -0.2) is 0 Å². The zero-order valence-corrected chi connectivity index (χ0v) is 8.78. The van der Waals surface area contributed by atoms with Crippen molar-refractivity contribution in [2.75, 3.05) is 13.1 Å². The molecule has 3 heteroatoms. The number of aromatic nitrogens is 1. The standard InChI is InChI=1S/C12H16N2O/c15-12(9-14-7-10-3-4-10)6-11-2-1-5-13-8-11/h1-2,5,8,10,14H,3-4,6-7,9H2. The van der Waals surface area contributed by atoms with Crippen LogP contribution in [0.25, 0.3) is 0 Å². The highest BCUT2D eigenvalue weighted by molar-refractivity contribution is 5.82. The highest BCUT2D eigenvalue weighted by Crippen LogP contribution is 2.27. The lowest BCUT2D eigenvalue weighted by molar-refractivity contribution is -0.117. The van der Waals surface area contributed by atoms with Gasteiger partial charge < -0.3 is 5.32 Å². The van der Waals surface area contributed by atoms with Crippen molar-refractivity contribution in [2.45, 2.75) is 19.3 Å². The molecule has 15 heavy (non-hydrogen) atoms. The molecule has 0 bridgehead atoms. The van der Waals surface area contributed by atoms with Crippen molar-refractivity contribution in [2.24, 2.45) is 5.92 Å². The Hall–Kier alpha value is -1.22. The molecule has 0 spiro atoms. The zero-order valence-electron chi connectivity index (χ0n) is 8.78. The van der Waals surface area contributed by atoms with Gasteiger partial charge in [-0.3, -0.25) is 9.78 Å². The van der Waals surface area contributed by atoms with Gasteiger partial charge in [0.15, 0.2) is 5.78 Å². The Bertz CT molecular complexity index is 320. The van der Waals surface area contributed by atoms with Gasteiger partial charge in [-0.15, -0.1) is 0 Å². The minimum Gasteiger partial charge on any atom is -0.310 e. The third-order valence-corrected chi connectivity index (χ3v) is 2.58. The van der Waals surface area contributed by atoms with Crippen LogP contribution in [0.15, 0.2) is 24.5 Å². The number of pyridine rings is 1. The summed E-state index contributed by atoms with van der Waals surface area (Å²) in [7, 11) is 0. The molecule has 0 atom stereocenters. The van der Waals surface area contributed by atoms with Gasteiger partial charge in [0.25, 0.3) is 0 Å². The molecule has 1 aliphatic rings. The number of ketones is 1. The van der Waals surface area contributed by atoms with Crippen LogP contribution in [-0.2, 0) is 11.2 Å². The van der Waals surface area contributed by atoms with Crippen LogP contribution in [0, 0.1) is 5.92 Å². The molecule has 1 N–H and O–H groups in total. The molecule has 1 saturated carbocycles. The topological polar surface area (TPSA) is 42.0 Å². The van der Waals surface area contributed by atoms with Crippen molar-refractivity contribution in [3.8, 4) is 0 Å². The second-order valence-corrected chi connectivity index (χ2v) is 4.15. The molecule has 0 unspecified atom stereocenters. The van der Waals surface area contributed by atoms with Crippen LogP contribution in [0.3, 0.4) is 0 Å². The van der Waals surface area contributed by atoms with E-state index in [0.717, 1.165) is 18.0 Å². The van der Waals surface area contributed by atoms with Crippen molar-refractivity contribution >= 4 is 5.78 Å². The Morgan fingerprint density at radius 1 is 1.53 bits per heavy atom. The molecule has 0 aromatic carbocycles. The van der Waals surface area contributed by atoms with Gasteiger partial charge in [0.1, 0.15) is 0 Å². The first-order valence-corrected chi connectivity index (χ1v) is 5.46. The van der Waals surface area contributed by atoms with E-state index in [2.05, 4.69) is 10.3 Å². The van der Waals surface area contributed by atoms with Gasteiger partial charge in [-0.05, 0) is 36.9 Å². The van der Waals surface area contributed by atoms with Crippen LogP contribution in [0.1, 0.15) is 18.4 Å². The summed E-state index contributed by atoms with van der Waals surface area (Å²) in [5.74, 6) is 1.07. The van der Waals surface area contributed by atoms with E-state index in [4.69, 9.17) is 0 Å². The van der Waals surface area contributed by atoms with Gasteiger partial charge >= 0.3 is 0 Å². The quantitative estimate of drug-likeness (QED) is 0.757. The minimum atomic E-state index is 0.239. The number of carbonyl (C=O) groups is 1. The van der Waals surface area contributed by atoms with Crippen LogP contribution >= 0.6 is 0 Å². The highest BCUT2D eigenvalue weighted by atomic mass is 16.1. The average Bonchev–Trinajstić information content (AvgIpc) is 3.03. The normalized spacial score (nSPS) is 15.2. The Morgan fingerprint density at radius 3 is 3.07 bits per heavy atom. The number of Topliss-reactive ketones (excluding diaryl/α,β-unsaturated/α-hetero) is 1. The van der Waals surface area contributed by atoms with Crippen LogP contribution < -0.4 is 5.32 Å². The minimum absolute atomic E-state index is 0.239. The molecular formula is C12H16N2O. The summed E-state index contributed by atoms with van der Waals surface area (Å²) >= 11 is 0. The second kappa shape index (κ2) is 5.03. The number of rotatable bonds is 6. The summed E-state index contributed by atoms with van der Waals surface area (Å²) in [4.78, 5) is 15.5. The summed E-state index contributed by atoms with van der Waals surface area (Å²) in [6.07, 6.45) is 6.61. The maximum Gasteiger partial charge on any atom is 0.151 e. The predicted molar refractivity (Wildman–Crippen MR) is 58.5 cm³/mol. The van der Waals surface area contributed by atoms with Gasteiger partial charge in [0.2, 0.25) is 0 Å². The number of nitrogens with one attached hydrogen (secondary N) is 1. The first-order valence-electron chi connectivity index (χ1n) is 5.46. The third kappa shape index (κ3) is 3.80. The molecular weight excluding hydrogens is 188 g/mol. The molecule has 0 amide bonds. The molecule has 0 radical (unpaired) electrons. The van der Waals surface area contributed by atoms with Crippen LogP contribution in [0.2, 0.25) is 0 Å². The number of carbonyl (C=O) groups excluding carboxylic acids is 1. The van der Waals surface area contributed by atoms with E-state index in [1.165, 1.54) is 12.8 Å². The molecule has 3 nitrogen and oxygen atoms in total. The molecule has 0 aliphatic heterocycles. The van der Waals surface area contributed by atoms with Crippen LogP contribution in [-0.4, -0.2) is 23.9 Å². The maximum absolute atomic E-state index is 11.5. The smallest absolute Gasteiger partial charge is 0.151 e. The molecule has 1 heterocycles. The molecule has 2 rings (SSSR count).